The summed E-state index contributed by atoms with van der Waals surface area (Å²) in [7, 11) is 0. The molecular weight excluding hydrogens is 446 g/mol. The summed E-state index contributed by atoms with van der Waals surface area (Å²) in [6.45, 7) is 0. The molecule has 1 fully saturated rings. The van der Waals surface area contributed by atoms with Crippen LogP contribution in [-0.2, 0) is 0 Å². The highest BCUT2D eigenvalue weighted by Crippen LogP contribution is 2.25. The van der Waals surface area contributed by atoms with Gasteiger partial charge in [-0.25, -0.2) is 18.7 Å². The van der Waals surface area contributed by atoms with Crippen LogP contribution in [0.4, 0.5) is 8.78 Å². The molecule has 0 atom stereocenters. The van der Waals surface area contributed by atoms with E-state index >= 15 is 0 Å². The zero-order valence-electron chi connectivity index (χ0n) is 18.0. The van der Waals surface area contributed by atoms with Crippen LogP contribution in [0.5, 0.6) is 17.4 Å². The first kappa shape index (κ1) is 23.1. The fourth-order valence-corrected chi connectivity index (χ4v) is 3.76. The number of aromatic nitrogens is 2. The summed E-state index contributed by atoms with van der Waals surface area (Å²) in [5.74, 6) is -2.18. The van der Waals surface area contributed by atoms with Crippen molar-refractivity contribution in [2.75, 3.05) is 0 Å². The smallest absolute Gasteiger partial charge is 0.273 e. The van der Waals surface area contributed by atoms with E-state index in [9.17, 15) is 23.5 Å². The number of halogens is 2. The summed E-state index contributed by atoms with van der Waals surface area (Å²) >= 11 is 0. The van der Waals surface area contributed by atoms with Crippen molar-refractivity contribution in [1.29, 1.82) is 0 Å². The Balaban J connectivity index is 1.35. The predicted octanol–water partition coefficient (Wildman–Crippen LogP) is 3.72. The van der Waals surface area contributed by atoms with Crippen LogP contribution < -0.4 is 15.4 Å². The van der Waals surface area contributed by atoms with Gasteiger partial charge >= 0.3 is 0 Å². The lowest BCUT2D eigenvalue weighted by molar-refractivity contribution is 0.0885. The van der Waals surface area contributed by atoms with Crippen LogP contribution in [0.1, 0.15) is 46.5 Å². The van der Waals surface area contributed by atoms with Gasteiger partial charge in [0.15, 0.2) is 5.69 Å². The molecule has 0 saturated heterocycles. The minimum Gasteiger partial charge on any atom is -0.505 e. The van der Waals surface area contributed by atoms with Gasteiger partial charge in [-0.05, 0) is 68.1 Å². The molecule has 0 spiro atoms. The van der Waals surface area contributed by atoms with E-state index in [1.54, 1.807) is 0 Å². The van der Waals surface area contributed by atoms with Gasteiger partial charge in [0.2, 0.25) is 5.88 Å². The molecule has 3 N–H and O–H groups in total. The largest absolute Gasteiger partial charge is 0.505 e. The highest BCUT2D eigenvalue weighted by atomic mass is 19.1. The minimum absolute atomic E-state index is 0.0368. The van der Waals surface area contributed by atoms with Crippen LogP contribution in [0.15, 0.2) is 54.9 Å². The van der Waals surface area contributed by atoms with Gasteiger partial charge in [-0.2, -0.15) is 0 Å². The topological polar surface area (TPSA) is 113 Å². The maximum absolute atomic E-state index is 13.8. The van der Waals surface area contributed by atoms with E-state index in [0.717, 1.165) is 12.3 Å². The second-order valence-corrected chi connectivity index (χ2v) is 7.93. The van der Waals surface area contributed by atoms with Crippen molar-refractivity contribution in [3.63, 3.8) is 0 Å². The van der Waals surface area contributed by atoms with Crippen molar-refractivity contribution >= 4 is 11.8 Å². The first-order chi connectivity index (χ1) is 16.4. The van der Waals surface area contributed by atoms with Gasteiger partial charge < -0.3 is 20.5 Å². The molecule has 2 heterocycles. The molecule has 1 aliphatic carbocycles. The van der Waals surface area contributed by atoms with Crippen LogP contribution >= 0.6 is 0 Å². The number of amides is 2. The summed E-state index contributed by atoms with van der Waals surface area (Å²) in [5.41, 5.74) is -0.115. The number of nitrogens with zero attached hydrogens (tertiary/aromatic N) is 2. The maximum atomic E-state index is 13.8. The van der Waals surface area contributed by atoms with Crippen LogP contribution in [0.2, 0.25) is 0 Å². The number of aromatic hydroxyl groups is 1. The number of pyridine rings is 2. The second-order valence-electron chi connectivity index (χ2n) is 7.93. The number of carbonyl (C=O) groups excluding carboxylic acids is 2. The molecule has 10 heteroatoms. The number of rotatable bonds is 6. The molecular formula is C24H22F2N4O4. The standard InChI is InChI=1S/C24H22F2N4O4/c25-14-3-9-18(10-4-14)34-24-19(12-15(26)13-28-24)22(32)29-16-5-7-17(8-6-16)30-23(33)21-20(31)2-1-11-27-21/h1-4,9-13,16-17,31H,5-8H2,(H,29,32)(H,30,33). The van der Waals surface area contributed by atoms with Crippen LogP contribution in [0, 0.1) is 11.6 Å². The van der Waals surface area contributed by atoms with Crippen molar-refractivity contribution in [1.82, 2.24) is 20.6 Å². The van der Waals surface area contributed by atoms with Crippen molar-refractivity contribution in [2.24, 2.45) is 0 Å². The Morgan fingerprint density at radius 1 is 0.912 bits per heavy atom. The zero-order chi connectivity index (χ0) is 24.1. The molecule has 2 aromatic heterocycles. The van der Waals surface area contributed by atoms with Crippen molar-refractivity contribution in [2.45, 2.75) is 37.8 Å². The third kappa shape index (κ3) is 5.64. The van der Waals surface area contributed by atoms with Crippen molar-refractivity contribution in [3.8, 4) is 17.4 Å². The van der Waals surface area contributed by atoms with Gasteiger partial charge in [0.05, 0.1) is 6.20 Å². The van der Waals surface area contributed by atoms with Gasteiger partial charge in [0.25, 0.3) is 11.8 Å². The fraction of sp³-hybridized carbons (Fsp3) is 0.250. The Bertz CT molecular complexity index is 1180. The van der Waals surface area contributed by atoms with E-state index in [1.807, 2.05) is 0 Å². The van der Waals surface area contributed by atoms with Crippen molar-refractivity contribution < 1.29 is 28.2 Å². The lowest BCUT2D eigenvalue weighted by Crippen LogP contribution is -2.44. The summed E-state index contributed by atoms with van der Waals surface area (Å²) in [6, 6.07) is 8.79. The lowest BCUT2D eigenvalue weighted by Gasteiger charge is -2.29. The Morgan fingerprint density at radius 2 is 1.56 bits per heavy atom. The Labute approximate surface area is 194 Å². The van der Waals surface area contributed by atoms with E-state index < -0.39 is 23.4 Å². The average molecular weight is 468 g/mol. The number of hydrogen-bond donors (Lipinski definition) is 3. The zero-order valence-corrected chi connectivity index (χ0v) is 18.0. The molecule has 1 aliphatic rings. The second kappa shape index (κ2) is 10.2. The fourth-order valence-electron chi connectivity index (χ4n) is 3.76. The number of hydrogen-bond acceptors (Lipinski definition) is 6. The molecule has 1 saturated carbocycles. The third-order valence-electron chi connectivity index (χ3n) is 5.49. The van der Waals surface area contributed by atoms with Crippen LogP contribution in [0.25, 0.3) is 0 Å². The third-order valence-corrected chi connectivity index (χ3v) is 5.49. The molecule has 1 aromatic carbocycles. The number of carbonyl (C=O) groups is 2. The normalized spacial score (nSPS) is 17.6. The van der Waals surface area contributed by atoms with Gasteiger partial charge in [0, 0.05) is 18.3 Å². The minimum atomic E-state index is -0.694. The maximum Gasteiger partial charge on any atom is 0.273 e. The van der Waals surface area contributed by atoms with E-state index in [-0.39, 0.29) is 40.7 Å². The van der Waals surface area contributed by atoms with Gasteiger partial charge in [-0.1, -0.05) is 0 Å². The van der Waals surface area contributed by atoms with Crippen LogP contribution in [0.3, 0.4) is 0 Å². The summed E-state index contributed by atoms with van der Waals surface area (Å²) in [5, 5.41) is 15.5. The first-order valence-corrected chi connectivity index (χ1v) is 10.7. The molecule has 0 radical (unpaired) electrons. The molecule has 0 bridgehead atoms. The SMILES string of the molecule is O=C(NC1CCC(NC(=O)c2ncccc2O)CC1)c1cc(F)cnc1Oc1ccc(F)cc1. The first-order valence-electron chi connectivity index (χ1n) is 10.7. The highest BCUT2D eigenvalue weighted by molar-refractivity contribution is 5.96. The number of benzene rings is 1. The van der Waals surface area contributed by atoms with Gasteiger partial charge in [-0.15, -0.1) is 0 Å². The molecule has 2 amide bonds. The Morgan fingerprint density at radius 3 is 2.21 bits per heavy atom. The van der Waals surface area contributed by atoms with Crippen molar-refractivity contribution in [3.05, 3.63) is 77.8 Å². The number of ether oxygens (including phenoxy) is 1. The van der Waals surface area contributed by atoms with E-state index in [0.29, 0.717) is 25.7 Å². The monoisotopic (exact) mass is 468 g/mol. The van der Waals surface area contributed by atoms with Gasteiger partial charge in [0.1, 0.15) is 28.7 Å². The van der Waals surface area contributed by atoms with E-state index in [1.165, 1.54) is 42.6 Å². The summed E-state index contributed by atoms with van der Waals surface area (Å²) < 4.78 is 32.5. The molecule has 4 rings (SSSR count). The van der Waals surface area contributed by atoms with E-state index in [2.05, 4.69) is 20.6 Å². The lowest BCUT2D eigenvalue weighted by atomic mass is 9.91. The molecule has 3 aromatic rings. The molecule has 8 nitrogen and oxygen atoms in total. The quantitative estimate of drug-likeness (QED) is 0.508. The highest BCUT2D eigenvalue weighted by Gasteiger charge is 2.26. The molecule has 0 aliphatic heterocycles. The molecule has 34 heavy (non-hydrogen) atoms. The summed E-state index contributed by atoms with van der Waals surface area (Å²) in [6.07, 6.45) is 4.73. The molecule has 0 unspecified atom stereocenters. The Hall–Kier alpha value is -4.08. The summed E-state index contributed by atoms with van der Waals surface area (Å²) in [4.78, 5) is 32.9. The van der Waals surface area contributed by atoms with E-state index in [4.69, 9.17) is 4.74 Å². The van der Waals surface area contributed by atoms with Gasteiger partial charge in [-0.3, -0.25) is 9.59 Å². The number of nitrogens with one attached hydrogen (secondary N) is 2. The average Bonchev–Trinajstić information content (AvgIpc) is 2.83. The molecule has 176 valence electrons. The Kier molecular flexibility index (Phi) is 6.95. The predicted molar refractivity (Wildman–Crippen MR) is 118 cm³/mol. The van der Waals surface area contributed by atoms with Crippen LogP contribution in [-0.4, -0.2) is 39.0 Å².